The zero-order valence-corrected chi connectivity index (χ0v) is 5.86. The van der Waals surface area contributed by atoms with Crippen LogP contribution in [0.15, 0.2) is 11.9 Å². The zero-order chi connectivity index (χ0) is 7.11. The monoisotopic (exact) mass is 127 g/mol. The lowest BCUT2D eigenvalue weighted by Gasteiger charge is -2.05. The summed E-state index contributed by atoms with van der Waals surface area (Å²) in [5, 5.41) is 12.7. The molecule has 3 nitrogen and oxygen atoms in total. The maximum Gasteiger partial charge on any atom is 0.0999 e. The number of hydrogen-bond acceptors (Lipinski definition) is 3. The van der Waals surface area contributed by atoms with Crippen molar-refractivity contribution in [1.29, 1.82) is 5.41 Å². The molecule has 0 aliphatic carbocycles. The summed E-state index contributed by atoms with van der Waals surface area (Å²) in [7, 11) is 1.82. The summed E-state index contributed by atoms with van der Waals surface area (Å²) in [4.78, 5) is 0. The second-order valence-corrected chi connectivity index (χ2v) is 1.53. The Kier molecular flexibility index (Phi) is 4.59. The number of nitrogens with one attached hydrogen (secondary N) is 3. The van der Waals surface area contributed by atoms with Crippen LogP contribution in [0.2, 0.25) is 0 Å². The normalized spacial score (nSPS) is 10.7. The van der Waals surface area contributed by atoms with E-state index in [2.05, 4.69) is 10.6 Å². The summed E-state index contributed by atoms with van der Waals surface area (Å²) in [5.74, 6) is 0.882. The molecule has 52 valence electrons. The molecule has 0 amide bonds. The van der Waals surface area contributed by atoms with Crippen LogP contribution in [0.4, 0.5) is 0 Å². The van der Waals surface area contributed by atoms with E-state index in [0.717, 1.165) is 12.4 Å². The van der Waals surface area contributed by atoms with E-state index in [1.807, 2.05) is 14.0 Å². The topological polar surface area (TPSA) is 47.9 Å². The molecule has 3 heteroatoms. The molecule has 0 rings (SSSR count). The smallest absolute Gasteiger partial charge is 0.0999 e. The SMILES string of the molecule is CCN/C(=C\C=N)NC. The molecule has 0 saturated heterocycles. The van der Waals surface area contributed by atoms with Crippen molar-refractivity contribution in [2.45, 2.75) is 6.92 Å². The molecule has 0 aromatic carbocycles. The van der Waals surface area contributed by atoms with Gasteiger partial charge in [0.15, 0.2) is 0 Å². The Morgan fingerprint density at radius 2 is 2.33 bits per heavy atom. The Morgan fingerprint density at radius 1 is 1.67 bits per heavy atom. The van der Waals surface area contributed by atoms with Gasteiger partial charge in [-0.1, -0.05) is 0 Å². The average molecular weight is 127 g/mol. The predicted octanol–water partition coefficient (Wildman–Crippen LogP) is 0.306. The van der Waals surface area contributed by atoms with E-state index in [9.17, 15) is 0 Å². The number of rotatable bonds is 4. The highest BCUT2D eigenvalue weighted by Crippen LogP contribution is 1.75. The van der Waals surface area contributed by atoms with Gasteiger partial charge in [-0.15, -0.1) is 0 Å². The third-order valence-electron chi connectivity index (χ3n) is 0.887. The fourth-order valence-corrected chi connectivity index (χ4v) is 0.504. The van der Waals surface area contributed by atoms with Crippen molar-refractivity contribution >= 4 is 6.21 Å². The van der Waals surface area contributed by atoms with Gasteiger partial charge in [0.2, 0.25) is 0 Å². The summed E-state index contributed by atoms with van der Waals surface area (Å²) >= 11 is 0. The van der Waals surface area contributed by atoms with Crippen LogP contribution in [-0.4, -0.2) is 19.8 Å². The van der Waals surface area contributed by atoms with Crippen molar-refractivity contribution in [3.8, 4) is 0 Å². The van der Waals surface area contributed by atoms with Crippen molar-refractivity contribution in [3.05, 3.63) is 11.9 Å². The van der Waals surface area contributed by atoms with Gasteiger partial charge in [0.1, 0.15) is 0 Å². The van der Waals surface area contributed by atoms with E-state index in [4.69, 9.17) is 5.41 Å². The van der Waals surface area contributed by atoms with Gasteiger partial charge in [0, 0.05) is 19.8 Å². The van der Waals surface area contributed by atoms with Crippen LogP contribution in [0.3, 0.4) is 0 Å². The molecule has 0 aromatic heterocycles. The molecule has 0 atom stereocenters. The van der Waals surface area contributed by atoms with Crippen molar-refractivity contribution in [2.24, 2.45) is 0 Å². The van der Waals surface area contributed by atoms with Gasteiger partial charge in [-0.3, -0.25) is 0 Å². The molecule has 3 N–H and O–H groups in total. The molecule has 0 fully saturated rings. The highest BCUT2D eigenvalue weighted by Gasteiger charge is 1.83. The lowest BCUT2D eigenvalue weighted by Crippen LogP contribution is -2.22. The molecule has 9 heavy (non-hydrogen) atoms. The minimum atomic E-state index is 0.876. The van der Waals surface area contributed by atoms with Crippen LogP contribution in [0, 0.1) is 5.41 Å². The predicted molar refractivity (Wildman–Crippen MR) is 39.6 cm³/mol. The van der Waals surface area contributed by atoms with Crippen LogP contribution < -0.4 is 10.6 Å². The van der Waals surface area contributed by atoms with E-state index < -0.39 is 0 Å². The van der Waals surface area contributed by atoms with Crippen molar-refractivity contribution in [2.75, 3.05) is 13.6 Å². The number of allylic oxidation sites excluding steroid dienone is 1. The molecule has 0 heterocycles. The Labute approximate surface area is 55.7 Å². The molecule has 0 aliphatic rings. The summed E-state index contributed by atoms with van der Waals surface area (Å²) in [6.07, 6.45) is 2.91. The van der Waals surface area contributed by atoms with Gasteiger partial charge in [0.05, 0.1) is 5.82 Å². The lowest BCUT2D eigenvalue weighted by atomic mass is 10.5. The maximum absolute atomic E-state index is 6.73. The van der Waals surface area contributed by atoms with Crippen molar-refractivity contribution < 1.29 is 0 Å². The Bertz CT molecular complexity index is 107. The van der Waals surface area contributed by atoms with Crippen LogP contribution in [0.5, 0.6) is 0 Å². The molecular weight excluding hydrogens is 114 g/mol. The summed E-state index contributed by atoms with van der Waals surface area (Å²) < 4.78 is 0. The molecule has 0 spiro atoms. The first-order chi connectivity index (χ1) is 4.35. The van der Waals surface area contributed by atoms with Gasteiger partial charge in [-0.2, -0.15) is 0 Å². The largest absolute Gasteiger partial charge is 0.375 e. The van der Waals surface area contributed by atoms with Crippen LogP contribution in [0.1, 0.15) is 6.92 Å². The molecule has 0 bridgehead atoms. The van der Waals surface area contributed by atoms with Gasteiger partial charge in [-0.25, -0.2) is 0 Å². The summed E-state index contributed by atoms with van der Waals surface area (Å²) in [6, 6.07) is 0. The summed E-state index contributed by atoms with van der Waals surface area (Å²) in [6.45, 7) is 2.88. The maximum atomic E-state index is 6.73. The Balaban J connectivity index is 3.66. The highest BCUT2D eigenvalue weighted by molar-refractivity contribution is 5.68. The van der Waals surface area contributed by atoms with E-state index >= 15 is 0 Å². The Hall–Kier alpha value is -0.990. The van der Waals surface area contributed by atoms with E-state index in [1.165, 1.54) is 6.21 Å². The molecule has 0 radical (unpaired) electrons. The highest BCUT2D eigenvalue weighted by atomic mass is 15.1. The second kappa shape index (κ2) is 5.15. The third-order valence-corrected chi connectivity index (χ3v) is 0.887. The van der Waals surface area contributed by atoms with Gasteiger partial charge < -0.3 is 16.0 Å². The van der Waals surface area contributed by atoms with E-state index in [1.54, 1.807) is 6.08 Å². The van der Waals surface area contributed by atoms with E-state index in [0.29, 0.717) is 0 Å². The Morgan fingerprint density at radius 3 is 2.67 bits per heavy atom. The van der Waals surface area contributed by atoms with Crippen LogP contribution in [-0.2, 0) is 0 Å². The lowest BCUT2D eigenvalue weighted by molar-refractivity contribution is 0.768. The standard InChI is InChI=1S/C6H13N3/c1-3-9-6(8-2)4-5-7/h4-5,7-9H,3H2,1-2H3/b6-4-,7-5?. The van der Waals surface area contributed by atoms with Gasteiger partial charge in [0.25, 0.3) is 0 Å². The minimum Gasteiger partial charge on any atom is -0.375 e. The zero-order valence-electron chi connectivity index (χ0n) is 5.86. The fourth-order valence-electron chi connectivity index (χ4n) is 0.504. The van der Waals surface area contributed by atoms with Crippen molar-refractivity contribution in [3.63, 3.8) is 0 Å². The number of hydrogen-bond donors (Lipinski definition) is 3. The third kappa shape index (κ3) is 3.58. The second-order valence-electron chi connectivity index (χ2n) is 1.53. The average Bonchev–Trinajstić information content (AvgIpc) is 1.88. The van der Waals surface area contributed by atoms with Crippen LogP contribution in [0.25, 0.3) is 0 Å². The first kappa shape index (κ1) is 8.01. The van der Waals surface area contributed by atoms with Gasteiger partial charge >= 0.3 is 0 Å². The molecule has 0 aromatic rings. The molecule has 0 aliphatic heterocycles. The van der Waals surface area contributed by atoms with E-state index in [-0.39, 0.29) is 0 Å². The molecule has 0 saturated carbocycles. The molecular formula is C6H13N3. The quantitative estimate of drug-likeness (QED) is 0.476. The minimum absolute atomic E-state index is 0.876. The first-order valence-corrected chi connectivity index (χ1v) is 2.97. The van der Waals surface area contributed by atoms with Crippen molar-refractivity contribution in [1.82, 2.24) is 10.6 Å². The molecule has 0 unspecified atom stereocenters. The fraction of sp³-hybridized carbons (Fsp3) is 0.500. The van der Waals surface area contributed by atoms with Crippen LogP contribution >= 0.6 is 0 Å². The summed E-state index contributed by atoms with van der Waals surface area (Å²) in [5.41, 5.74) is 0. The van der Waals surface area contributed by atoms with Gasteiger partial charge in [-0.05, 0) is 13.0 Å². The first-order valence-electron chi connectivity index (χ1n) is 2.97.